The van der Waals surface area contributed by atoms with Gasteiger partial charge in [-0.25, -0.2) is 4.98 Å². The van der Waals surface area contributed by atoms with Crippen LogP contribution in [0.25, 0.3) is 10.9 Å². The van der Waals surface area contributed by atoms with Gasteiger partial charge in [0, 0.05) is 35.9 Å². The van der Waals surface area contributed by atoms with Crippen molar-refractivity contribution in [3.05, 3.63) is 65.4 Å². The lowest BCUT2D eigenvalue weighted by atomic mass is 10.0. The number of anilines is 1. The number of fused-ring (bicyclic) bond motifs is 1. The number of hydrogen-bond donors (Lipinski definition) is 4. The van der Waals surface area contributed by atoms with Crippen molar-refractivity contribution in [2.75, 3.05) is 19.0 Å². The van der Waals surface area contributed by atoms with E-state index in [4.69, 9.17) is 20.3 Å². The Labute approximate surface area is 238 Å². The van der Waals surface area contributed by atoms with E-state index in [1.807, 2.05) is 13.8 Å². The molecule has 1 unspecified atom stereocenters. The summed E-state index contributed by atoms with van der Waals surface area (Å²) in [6, 6.07) is 8.12. The molecule has 224 valence electrons. The number of hydrogen-bond acceptors (Lipinski definition) is 8. The second kappa shape index (κ2) is 15.2. The number of aliphatic hydroxyl groups excluding tert-OH is 2. The molecule has 5 N–H and O–H groups in total. The van der Waals surface area contributed by atoms with Gasteiger partial charge in [-0.3, -0.25) is 0 Å². The first-order valence-corrected chi connectivity index (χ1v) is 13.1. The van der Waals surface area contributed by atoms with Crippen LogP contribution in [0.3, 0.4) is 0 Å². The molecule has 1 aromatic heterocycles. The molecule has 0 aliphatic carbocycles. The maximum Gasteiger partial charge on any atom is 0.416 e. The Morgan fingerprint density at radius 1 is 1.22 bits per heavy atom. The molecule has 41 heavy (non-hydrogen) atoms. The third-order valence-corrected chi connectivity index (χ3v) is 6.06. The number of aryl methyl sites for hydroxylation is 1. The number of aliphatic hydroxyl groups is 2. The minimum Gasteiger partial charge on any atom is -0.513 e. The highest BCUT2D eigenvalue weighted by Gasteiger charge is 2.31. The summed E-state index contributed by atoms with van der Waals surface area (Å²) in [6.07, 6.45) is -2.03. The van der Waals surface area contributed by atoms with Crippen LogP contribution in [-0.2, 0) is 17.6 Å². The predicted octanol–water partition coefficient (Wildman–Crippen LogP) is 6.82. The lowest BCUT2D eigenvalue weighted by Gasteiger charge is -2.21. The van der Waals surface area contributed by atoms with Gasteiger partial charge in [-0.2, -0.15) is 13.2 Å². The van der Waals surface area contributed by atoms with Crippen LogP contribution in [0.5, 0.6) is 17.4 Å². The number of nitrogens with two attached hydrogens (primary N) is 1. The molecule has 0 fully saturated rings. The van der Waals surface area contributed by atoms with Gasteiger partial charge >= 0.3 is 6.18 Å². The number of methoxy groups -OCH3 is 1. The van der Waals surface area contributed by atoms with Gasteiger partial charge in [0.25, 0.3) is 0 Å². The molecule has 0 radical (unpaired) electrons. The van der Waals surface area contributed by atoms with Gasteiger partial charge < -0.3 is 35.5 Å². The minimum absolute atomic E-state index is 0.00747. The number of benzene rings is 2. The number of carbonyl (C=O) groups is 1. The molecule has 8 nitrogen and oxygen atoms in total. The molecule has 0 saturated carbocycles. The zero-order valence-electron chi connectivity index (χ0n) is 23.8. The Morgan fingerprint density at radius 2 is 1.93 bits per heavy atom. The number of nitrogens with zero attached hydrogens (tertiary/aromatic N) is 1. The number of rotatable bonds is 12. The van der Waals surface area contributed by atoms with Crippen molar-refractivity contribution >= 4 is 22.4 Å². The Hall–Kier alpha value is -3.83. The van der Waals surface area contributed by atoms with Crippen molar-refractivity contribution in [1.82, 2.24) is 4.98 Å². The van der Waals surface area contributed by atoms with Gasteiger partial charge in [0.2, 0.25) is 5.88 Å². The topological polar surface area (TPSA) is 127 Å². The van der Waals surface area contributed by atoms with Crippen molar-refractivity contribution in [3.63, 3.8) is 0 Å². The highest BCUT2D eigenvalue weighted by molar-refractivity contribution is 5.99. The van der Waals surface area contributed by atoms with E-state index in [2.05, 4.69) is 16.9 Å². The van der Waals surface area contributed by atoms with Gasteiger partial charge in [-0.05, 0) is 70.0 Å². The first-order chi connectivity index (χ1) is 19.3. The third-order valence-electron chi connectivity index (χ3n) is 6.06. The summed E-state index contributed by atoms with van der Waals surface area (Å²) >= 11 is 0. The zero-order chi connectivity index (χ0) is 30.7. The average molecular weight is 578 g/mol. The number of ether oxygens (including phenoxy) is 2. The molecule has 3 aromatic rings. The number of ketones is 1. The first-order valence-electron chi connectivity index (χ1n) is 13.1. The number of halogens is 3. The monoisotopic (exact) mass is 577 g/mol. The van der Waals surface area contributed by atoms with Crippen LogP contribution in [0.15, 0.2) is 48.7 Å². The van der Waals surface area contributed by atoms with E-state index in [1.165, 1.54) is 26.2 Å². The lowest BCUT2D eigenvalue weighted by Crippen LogP contribution is -2.17. The Balaban J connectivity index is 0.000000642. The van der Waals surface area contributed by atoms with Crippen LogP contribution in [0.1, 0.15) is 56.2 Å². The summed E-state index contributed by atoms with van der Waals surface area (Å²) in [5.74, 6) is 0.813. The van der Waals surface area contributed by atoms with Crippen molar-refractivity contribution < 1.29 is 37.7 Å². The van der Waals surface area contributed by atoms with E-state index < -0.39 is 11.7 Å². The summed E-state index contributed by atoms with van der Waals surface area (Å²) in [5.41, 5.74) is 7.16. The van der Waals surface area contributed by atoms with E-state index in [9.17, 15) is 23.1 Å². The van der Waals surface area contributed by atoms with Gasteiger partial charge in [0.05, 0.1) is 30.7 Å². The number of pyridine rings is 1. The molecular weight excluding hydrogens is 539 g/mol. The lowest BCUT2D eigenvalue weighted by molar-refractivity contribution is -0.137. The third kappa shape index (κ3) is 9.94. The highest BCUT2D eigenvalue weighted by atomic mass is 19.4. The molecular formula is C30H38F3N3O5. The van der Waals surface area contributed by atoms with Crippen molar-refractivity contribution in [2.24, 2.45) is 5.73 Å². The minimum atomic E-state index is -4.50. The first kappa shape index (κ1) is 33.4. The van der Waals surface area contributed by atoms with Crippen molar-refractivity contribution in [2.45, 2.75) is 65.3 Å². The van der Waals surface area contributed by atoms with Crippen molar-refractivity contribution in [1.29, 1.82) is 0 Å². The van der Waals surface area contributed by atoms with Crippen LogP contribution in [0, 0.1) is 6.92 Å². The normalized spacial score (nSPS) is 11.8. The number of nitrogens with one attached hydrogen (secondary N) is 1. The van der Waals surface area contributed by atoms with Gasteiger partial charge in [0.1, 0.15) is 22.8 Å². The van der Waals surface area contributed by atoms with Crippen LogP contribution >= 0.6 is 0 Å². The molecule has 11 heteroatoms. The summed E-state index contributed by atoms with van der Waals surface area (Å²) < 4.78 is 50.8. The Bertz CT molecular complexity index is 1330. The molecule has 0 amide bonds. The summed E-state index contributed by atoms with van der Waals surface area (Å²) in [6.45, 7) is 8.76. The quantitative estimate of drug-likeness (QED) is 0.173. The molecule has 1 heterocycles. The number of Topliss-reactive ketones (excluding diaryl/α,β-unsaturated/α-hetero) is 1. The summed E-state index contributed by atoms with van der Waals surface area (Å²) in [7, 11) is 1.51. The molecule has 0 bridgehead atoms. The second-order valence-corrected chi connectivity index (χ2v) is 9.65. The molecule has 1 atom stereocenters. The molecule has 3 rings (SSSR count). The fourth-order valence-electron chi connectivity index (χ4n) is 3.98. The van der Waals surface area contributed by atoms with E-state index in [0.717, 1.165) is 30.5 Å². The molecule has 0 spiro atoms. The standard InChI is InChI=1S/C24H28F3N3O3.C6H10O2/c1-14-10-20(32-3)30-22-19(29-15(2)6-5-9-28)11-16(13-31)23(21(14)22)33-18-8-4-7-17(12-18)24(25,26)27;1-5(7)3-4-6(2)8/h4,7-8,10-12,15,29,31H,5-6,9,13,28H2,1-3H3;7H,1,3-4H2,2H3. The molecule has 2 aromatic carbocycles. The van der Waals surface area contributed by atoms with E-state index in [-0.39, 0.29) is 35.7 Å². The Morgan fingerprint density at radius 3 is 2.46 bits per heavy atom. The van der Waals surface area contributed by atoms with E-state index in [0.29, 0.717) is 47.4 Å². The molecule has 0 aliphatic heterocycles. The number of alkyl halides is 3. The highest BCUT2D eigenvalue weighted by Crippen LogP contribution is 2.41. The SMILES string of the molecule is C=C(O)CCC(C)=O.COc1cc(C)c2c(Oc3cccc(C(F)(F)F)c3)c(CO)cc(NC(C)CCCN)c2n1. The maximum absolute atomic E-state index is 13.2. The van der Waals surface area contributed by atoms with Gasteiger partial charge in [-0.1, -0.05) is 12.6 Å². The second-order valence-electron chi connectivity index (χ2n) is 9.65. The smallest absolute Gasteiger partial charge is 0.416 e. The number of carbonyl (C=O) groups excluding carboxylic acids is 1. The van der Waals surface area contributed by atoms with Gasteiger partial charge in [-0.15, -0.1) is 0 Å². The summed E-state index contributed by atoms with van der Waals surface area (Å²) in [5, 5.41) is 22.5. The van der Waals surface area contributed by atoms with Crippen LogP contribution in [-0.4, -0.2) is 40.7 Å². The fourth-order valence-corrected chi connectivity index (χ4v) is 3.98. The fraction of sp³-hybridized carbons (Fsp3) is 0.400. The summed E-state index contributed by atoms with van der Waals surface area (Å²) in [4.78, 5) is 14.8. The van der Waals surface area contributed by atoms with E-state index >= 15 is 0 Å². The number of aromatic nitrogens is 1. The van der Waals surface area contributed by atoms with Crippen molar-refractivity contribution in [3.8, 4) is 17.4 Å². The Kier molecular flexibility index (Phi) is 12.4. The van der Waals surface area contributed by atoms with E-state index in [1.54, 1.807) is 12.1 Å². The average Bonchev–Trinajstić information content (AvgIpc) is 2.91. The zero-order valence-corrected chi connectivity index (χ0v) is 23.8. The predicted molar refractivity (Wildman–Crippen MR) is 154 cm³/mol. The van der Waals surface area contributed by atoms with Crippen LogP contribution in [0.4, 0.5) is 18.9 Å². The molecule has 0 saturated heterocycles. The molecule has 0 aliphatic rings. The van der Waals surface area contributed by atoms with Gasteiger partial charge in [0.15, 0.2) is 0 Å². The largest absolute Gasteiger partial charge is 0.513 e. The van der Waals surface area contributed by atoms with Crippen LogP contribution < -0.4 is 20.5 Å². The van der Waals surface area contributed by atoms with Crippen LogP contribution in [0.2, 0.25) is 0 Å². The number of allylic oxidation sites excluding steroid dienone is 1. The maximum atomic E-state index is 13.2.